The van der Waals surface area contributed by atoms with Crippen LogP contribution in [0.25, 0.3) is 0 Å². The van der Waals surface area contributed by atoms with Crippen LogP contribution in [0, 0.1) is 12.7 Å². The summed E-state index contributed by atoms with van der Waals surface area (Å²) in [7, 11) is -3.69. The van der Waals surface area contributed by atoms with Gasteiger partial charge in [-0.15, -0.1) is 6.58 Å². The van der Waals surface area contributed by atoms with Crippen molar-refractivity contribution in [2.75, 3.05) is 4.72 Å². The van der Waals surface area contributed by atoms with E-state index < -0.39 is 15.8 Å². The third-order valence-corrected chi connectivity index (χ3v) is 4.39. The Morgan fingerprint density at radius 2 is 1.86 bits per heavy atom. The molecule has 2 aromatic carbocycles. The molecule has 0 atom stereocenters. The van der Waals surface area contributed by atoms with Gasteiger partial charge < -0.3 is 0 Å². The van der Waals surface area contributed by atoms with Crippen LogP contribution in [0.3, 0.4) is 0 Å². The number of rotatable bonds is 5. The SMILES string of the molecule is C=CCc1cc(F)ccc1NS(=O)(=O)c1ccc(C)cc1. The fourth-order valence-corrected chi connectivity index (χ4v) is 3.01. The second kappa shape index (κ2) is 6.10. The number of allylic oxidation sites excluding steroid dienone is 1. The highest BCUT2D eigenvalue weighted by molar-refractivity contribution is 7.92. The Hall–Kier alpha value is -2.14. The van der Waals surface area contributed by atoms with Gasteiger partial charge in [0.05, 0.1) is 10.6 Å². The minimum Gasteiger partial charge on any atom is -0.279 e. The minimum atomic E-state index is -3.69. The second-order valence-electron chi connectivity index (χ2n) is 4.71. The van der Waals surface area contributed by atoms with Crippen molar-refractivity contribution in [2.45, 2.75) is 18.2 Å². The molecule has 2 aromatic rings. The van der Waals surface area contributed by atoms with Gasteiger partial charge in [-0.05, 0) is 49.2 Å². The summed E-state index contributed by atoms with van der Waals surface area (Å²) in [5, 5.41) is 0. The standard InChI is InChI=1S/C16H16FNO2S/c1-3-4-13-11-14(17)7-10-16(13)18-21(19,20)15-8-5-12(2)6-9-15/h3,5-11,18H,1,4H2,2H3. The minimum absolute atomic E-state index is 0.168. The maximum atomic E-state index is 13.3. The second-order valence-corrected chi connectivity index (χ2v) is 6.40. The van der Waals surface area contributed by atoms with Gasteiger partial charge in [0.2, 0.25) is 0 Å². The molecule has 0 unspecified atom stereocenters. The first kappa shape index (κ1) is 15.3. The lowest BCUT2D eigenvalue weighted by atomic mass is 10.1. The summed E-state index contributed by atoms with van der Waals surface area (Å²) in [4.78, 5) is 0.168. The van der Waals surface area contributed by atoms with E-state index in [1.165, 1.54) is 30.3 Å². The molecule has 1 N–H and O–H groups in total. The van der Waals surface area contributed by atoms with E-state index >= 15 is 0 Å². The van der Waals surface area contributed by atoms with Crippen LogP contribution in [-0.4, -0.2) is 8.42 Å². The smallest absolute Gasteiger partial charge is 0.261 e. The molecule has 0 fully saturated rings. The summed E-state index contributed by atoms with van der Waals surface area (Å²) < 4.78 is 40.4. The maximum Gasteiger partial charge on any atom is 0.261 e. The van der Waals surface area contributed by atoms with Crippen LogP contribution in [0.1, 0.15) is 11.1 Å². The van der Waals surface area contributed by atoms with Crippen molar-refractivity contribution in [2.24, 2.45) is 0 Å². The van der Waals surface area contributed by atoms with Crippen molar-refractivity contribution >= 4 is 15.7 Å². The third-order valence-electron chi connectivity index (χ3n) is 3.01. The zero-order chi connectivity index (χ0) is 15.5. The molecule has 0 aromatic heterocycles. The Morgan fingerprint density at radius 1 is 1.19 bits per heavy atom. The van der Waals surface area contributed by atoms with Crippen molar-refractivity contribution in [3.63, 3.8) is 0 Å². The molecular formula is C16H16FNO2S. The largest absolute Gasteiger partial charge is 0.279 e. The summed E-state index contributed by atoms with van der Waals surface area (Å²) in [6.45, 7) is 5.47. The average Bonchev–Trinajstić information content (AvgIpc) is 2.42. The molecule has 0 radical (unpaired) electrons. The molecule has 2 rings (SSSR count). The van der Waals surface area contributed by atoms with Crippen LogP contribution < -0.4 is 4.72 Å². The van der Waals surface area contributed by atoms with E-state index in [9.17, 15) is 12.8 Å². The number of aryl methyl sites for hydroxylation is 1. The molecular weight excluding hydrogens is 289 g/mol. The summed E-state index contributed by atoms with van der Waals surface area (Å²) >= 11 is 0. The molecule has 0 saturated carbocycles. The maximum absolute atomic E-state index is 13.3. The van der Waals surface area contributed by atoms with Gasteiger partial charge in [0.25, 0.3) is 10.0 Å². The highest BCUT2D eigenvalue weighted by atomic mass is 32.2. The Balaban J connectivity index is 2.36. The van der Waals surface area contributed by atoms with E-state index in [0.717, 1.165) is 5.56 Å². The summed E-state index contributed by atoms with van der Waals surface area (Å²) in [5.41, 5.74) is 1.88. The van der Waals surface area contributed by atoms with Gasteiger partial charge in [-0.1, -0.05) is 23.8 Å². The Bertz CT molecular complexity index is 752. The molecule has 0 aliphatic carbocycles. The highest BCUT2D eigenvalue weighted by Crippen LogP contribution is 2.22. The van der Waals surface area contributed by atoms with Gasteiger partial charge in [0.15, 0.2) is 0 Å². The van der Waals surface area contributed by atoms with Crippen molar-refractivity contribution in [1.29, 1.82) is 0 Å². The van der Waals surface area contributed by atoms with Gasteiger partial charge in [-0.3, -0.25) is 4.72 Å². The number of hydrogen-bond acceptors (Lipinski definition) is 2. The van der Waals surface area contributed by atoms with Crippen LogP contribution in [0.15, 0.2) is 60.0 Å². The molecule has 0 saturated heterocycles. The fourth-order valence-electron chi connectivity index (χ4n) is 1.91. The zero-order valence-electron chi connectivity index (χ0n) is 11.6. The van der Waals surface area contributed by atoms with E-state index in [2.05, 4.69) is 11.3 Å². The summed E-state index contributed by atoms with van der Waals surface area (Å²) in [6.07, 6.45) is 1.97. The number of sulfonamides is 1. The first-order valence-electron chi connectivity index (χ1n) is 6.41. The van der Waals surface area contributed by atoms with Crippen LogP contribution in [-0.2, 0) is 16.4 Å². The lowest BCUT2D eigenvalue weighted by Gasteiger charge is -2.12. The Labute approximate surface area is 124 Å². The van der Waals surface area contributed by atoms with E-state index in [1.54, 1.807) is 18.2 Å². The average molecular weight is 305 g/mol. The van der Waals surface area contributed by atoms with Crippen molar-refractivity contribution in [3.8, 4) is 0 Å². The molecule has 110 valence electrons. The predicted molar refractivity (Wildman–Crippen MR) is 82.3 cm³/mol. The Kier molecular flexibility index (Phi) is 4.43. The lowest BCUT2D eigenvalue weighted by molar-refractivity contribution is 0.601. The van der Waals surface area contributed by atoms with Crippen LogP contribution >= 0.6 is 0 Å². The zero-order valence-corrected chi connectivity index (χ0v) is 12.5. The molecule has 0 bridgehead atoms. The summed E-state index contributed by atoms with van der Waals surface area (Å²) in [6, 6.07) is 10.5. The van der Waals surface area contributed by atoms with Crippen molar-refractivity contribution in [1.82, 2.24) is 0 Å². The molecule has 0 spiro atoms. The molecule has 0 heterocycles. The molecule has 0 aliphatic heterocycles. The topological polar surface area (TPSA) is 46.2 Å². The van der Waals surface area contributed by atoms with Crippen molar-refractivity contribution in [3.05, 3.63) is 72.1 Å². The number of hydrogen-bond donors (Lipinski definition) is 1. The van der Waals surface area contributed by atoms with Gasteiger partial charge >= 0.3 is 0 Å². The molecule has 21 heavy (non-hydrogen) atoms. The predicted octanol–water partition coefficient (Wildman–Crippen LogP) is 3.66. The quantitative estimate of drug-likeness (QED) is 0.857. The van der Waals surface area contributed by atoms with Gasteiger partial charge in [0.1, 0.15) is 5.82 Å². The first-order valence-corrected chi connectivity index (χ1v) is 7.89. The number of benzene rings is 2. The Morgan fingerprint density at radius 3 is 2.48 bits per heavy atom. The molecule has 0 aliphatic rings. The van der Waals surface area contributed by atoms with Gasteiger partial charge in [-0.2, -0.15) is 0 Å². The van der Waals surface area contributed by atoms with E-state index in [-0.39, 0.29) is 4.90 Å². The number of anilines is 1. The molecule has 3 nitrogen and oxygen atoms in total. The lowest BCUT2D eigenvalue weighted by Crippen LogP contribution is -2.14. The fraction of sp³-hybridized carbons (Fsp3) is 0.125. The van der Waals surface area contributed by atoms with Gasteiger partial charge in [0, 0.05) is 0 Å². The normalized spacial score (nSPS) is 11.1. The van der Waals surface area contributed by atoms with Gasteiger partial charge in [-0.25, -0.2) is 12.8 Å². The summed E-state index contributed by atoms with van der Waals surface area (Å²) in [5.74, 6) is -0.412. The number of nitrogens with one attached hydrogen (secondary N) is 1. The number of halogens is 1. The van der Waals surface area contributed by atoms with Crippen molar-refractivity contribution < 1.29 is 12.8 Å². The van der Waals surface area contributed by atoms with Crippen LogP contribution in [0.2, 0.25) is 0 Å². The highest BCUT2D eigenvalue weighted by Gasteiger charge is 2.15. The first-order chi connectivity index (χ1) is 9.92. The van der Waals surface area contributed by atoms with E-state index in [1.807, 2.05) is 6.92 Å². The van der Waals surface area contributed by atoms with Crippen LogP contribution in [0.4, 0.5) is 10.1 Å². The van der Waals surface area contributed by atoms with E-state index in [0.29, 0.717) is 17.7 Å². The van der Waals surface area contributed by atoms with Crippen LogP contribution in [0.5, 0.6) is 0 Å². The third kappa shape index (κ3) is 3.70. The molecule has 5 heteroatoms. The molecule has 0 amide bonds. The van der Waals surface area contributed by atoms with E-state index in [4.69, 9.17) is 0 Å². The monoisotopic (exact) mass is 305 g/mol.